The van der Waals surface area contributed by atoms with Gasteiger partial charge in [0.05, 0.1) is 6.54 Å². The van der Waals surface area contributed by atoms with E-state index in [1.165, 1.54) is 18.4 Å². The Bertz CT molecular complexity index is 676. The Kier molecular flexibility index (Phi) is 5.04. The lowest BCUT2D eigenvalue weighted by atomic mass is 9.96. The van der Waals surface area contributed by atoms with Crippen molar-refractivity contribution < 1.29 is 5.11 Å². The van der Waals surface area contributed by atoms with Crippen molar-refractivity contribution in [1.82, 2.24) is 10.6 Å². The number of aromatic hydroxyl groups is 1. The van der Waals surface area contributed by atoms with Crippen LogP contribution in [0.1, 0.15) is 30.9 Å². The van der Waals surface area contributed by atoms with E-state index in [1.54, 1.807) is 12.1 Å². The Morgan fingerprint density at radius 1 is 1.04 bits per heavy atom. The van der Waals surface area contributed by atoms with Crippen LogP contribution in [0.4, 0.5) is 0 Å². The largest absolute Gasteiger partial charge is 0.508 e. The zero-order valence-corrected chi connectivity index (χ0v) is 14.1. The van der Waals surface area contributed by atoms with Crippen molar-refractivity contribution in [2.24, 2.45) is 4.99 Å². The molecule has 1 aliphatic rings. The van der Waals surface area contributed by atoms with Gasteiger partial charge in [-0.2, -0.15) is 0 Å². The molecular weight excluding hydrogens is 298 g/mol. The maximum atomic E-state index is 9.35. The van der Waals surface area contributed by atoms with Crippen molar-refractivity contribution in [3.8, 4) is 5.75 Å². The van der Waals surface area contributed by atoms with E-state index in [2.05, 4.69) is 52.9 Å². The minimum Gasteiger partial charge on any atom is -0.508 e. The average molecular weight is 323 g/mol. The van der Waals surface area contributed by atoms with Gasteiger partial charge in [-0.05, 0) is 43.0 Å². The molecule has 0 heterocycles. The van der Waals surface area contributed by atoms with Gasteiger partial charge in [-0.25, -0.2) is 4.99 Å². The Labute approximate surface area is 143 Å². The molecule has 1 saturated carbocycles. The third-order valence-electron chi connectivity index (χ3n) is 4.53. The number of hydrogen-bond donors (Lipinski definition) is 3. The number of phenols is 1. The van der Waals surface area contributed by atoms with Crippen LogP contribution >= 0.6 is 0 Å². The number of benzene rings is 2. The van der Waals surface area contributed by atoms with Crippen LogP contribution < -0.4 is 10.6 Å². The second-order valence-electron chi connectivity index (χ2n) is 6.36. The fourth-order valence-electron chi connectivity index (χ4n) is 2.88. The van der Waals surface area contributed by atoms with Crippen molar-refractivity contribution in [2.75, 3.05) is 13.1 Å². The van der Waals surface area contributed by atoms with Crippen molar-refractivity contribution >= 4 is 5.96 Å². The van der Waals surface area contributed by atoms with Crippen LogP contribution in [0.2, 0.25) is 0 Å². The highest BCUT2D eigenvalue weighted by atomic mass is 16.3. The Hall–Kier alpha value is -2.49. The number of guanidine groups is 1. The molecule has 0 aliphatic heterocycles. The first-order valence-electron chi connectivity index (χ1n) is 8.57. The summed E-state index contributed by atoms with van der Waals surface area (Å²) >= 11 is 0. The number of aliphatic imine (C=N–C) groups is 1. The summed E-state index contributed by atoms with van der Waals surface area (Å²) in [6.45, 7) is 4.40. The van der Waals surface area contributed by atoms with Crippen LogP contribution in [-0.2, 0) is 12.0 Å². The summed E-state index contributed by atoms with van der Waals surface area (Å²) in [4.78, 5) is 4.65. The molecule has 0 unspecified atom stereocenters. The first kappa shape index (κ1) is 16.4. The second-order valence-corrected chi connectivity index (χ2v) is 6.36. The lowest BCUT2D eigenvalue weighted by molar-refractivity contribution is 0.475. The van der Waals surface area contributed by atoms with E-state index in [0.717, 1.165) is 24.6 Å². The predicted octanol–water partition coefficient (Wildman–Crippen LogP) is 3.18. The van der Waals surface area contributed by atoms with E-state index < -0.39 is 0 Å². The first-order valence-corrected chi connectivity index (χ1v) is 8.57. The lowest BCUT2D eigenvalue weighted by Crippen LogP contribution is -2.41. The van der Waals surface area contributed by atoms with Gasteiger partial charge >= 0.3 is 0 Å². The minimum absolute atomic E-state index is 0.260. The molecule has 3 rings (SSSR count). The molecular formula is C20H25N3O. The van der Waals surface area contributed by atoms with Gasteiger partial charge in [-0.15, -0.1) is 0 Å². The topological polar surface area (TPSA) is 56.7 Å². The van der Waals surface area contributed by atoms with E-state index in [9.17, 15) is 5.11 Å². The van der Waals surface area contributed by atoms with Crippen molar-refractivity contribution in [1.29, 1.82) is 0 Å². The molecule has 0 amide bonds. The number of nitrogens with one attached hydrogen (secondary N) is 2. The Balaban J connectivity index is 1.62. The molecule has 3 N–H and O–H groups in total. The third kappa shape index (κ3) is 4.07. The van der Waals surface area contributed by atoms with Crippen LogP contribution in [0, 0.1) is 0 Å². The minimum atomic E-state index is 0.260. The van der Waals surface area contributed by atoms with Crippen molar-refractivity contribution in [3.05, 3.63) is 65.7 Å². The summed E-state index contributed by atoms with van der Waals surface area (Å²) in [5.74, 6) is 1.12. The molecule has 0 atom stereocenters. The molecule has 126 valence electrons. The highest BCUT2D eigenvalue weighted by molar-refractivity contribution is 5.80. The van der Waals surface area contributed by atoms with E-state index in [0.29, 0.717) is 6.54 Å². The SMILES string of the molecule is CCNC(=NCc1ccc(O)cc1)NCC1(c2ccccc2)CC1. The van der Waals surface area contributed by atoms with Crippen LogP contribution in [0.3, 0.4) is 0 Å². The molecule has 0 bridgehead atoms. The summed E-state index contributed by atoms with van der Waals surface area (Å²) in [6, 6.07) is 17.9. The summed E-state index contributed by atoms with van der Waals surface area (Å²) in [5, 5.41) is 16.1. The van der Waals surface area contributed by atoms with E-state index in [-0.39, 0.29) is 11.2 Å². The highest BCUT2D eigenvalue weighted by Gasteiger charge is 2.43. The molecule has 1 fully saturated rings. The monoisotopic (exact) mass is 323 g/mol. The van der Waals surface area contributed by atoms with Crippen molar-refractivity contribution in [3.63, 3.8) is 0 Å². The van der Waals surface area contributed by atoms with Gasteiger partial charge in [0.1, 0.15) is 5.75 Å². The van der Waals surface area contributed by atoms with Crippen LogP contribution in [-0.4, -0.2) is 24.2 Å². The zero-order chi connectivity index (χ0) is 16.8. The molecule has 0 spiro atoms. The first-order chi connectivity index (χ1) is 11.7. The Morgan fingerprint density at radius 2 is 1.75 bits per heavy atom. The normalized spacial score (nSPS) is 15.8. The van der Waals surface area contributed by atoms with Gasteiger partial charge < -0.3 is 15.7 Å². The maximum absolute atomic E-state index is 9.35. The lowest BCUT2D eigenvalue weighted by Gasteiger charge is -2.19. The van der Waals surface area contributed by atoms with Crippen molar-refractivity contribution in [2.45, 2.75) is 31.7 Å². The molecule has 24 heavy (non-hydrogen) atoms. The van der Waals surface area contributed by atoms with Crippen LogP contribution in [0.15, 0.2) is 59.6 Å². The summed E-state index contributed by atoms with van der Waals surface area (Å²) in [6.07, 6.45) is 2.45. The Morgan fingerprint density at radius 3 is 2.38 bits per heavy atom. The number of rotatable bonds is 6. The number of nitrogens with zero attached hydrogens (tertiary/aromatic N) is 1. The second kappa shape index (κ2) is 7.39. The molecule has 0 aromatic heterocycles. The molecule has 0 saturated heterocycles. The molecule has 2 aromatic rings. The number of phenolic OH excluding ortho intramolecular Hbond substituents is 1. The van der Waals surface area contributed by atoms with Gasteiger partial charge in [0.15, 0.2) is 5.96 Å². The van der Waals surface area contributed by atoms with E-state index in [4.69, 9.17) is 0 Å². The highest BCUT2D eigenvalue weighted by Crippen LogP contribution is 2.47. The molecule has 4 heteroatoms. The fourth-order valence-corrected chi connectivity index (χ4v) is 2.88. The van der Waals surface area contributed by atoms with Gasteiger partial charge in [-0.1, -0.05) is 42.5 Å². The molecule has 1 aliphatic carbocycles. The van der Waals surface area contributed by atoms with Gasteiger partial charge in [0.25, 0.3) is 0 Å². The zero-order valence-electron chi connectivity index (χ0n) is 14.1. The average Bonchev–Trinajstić information content (AvgIpc) is 3.41. The van der Waals surface area contributed by atoms with Gasteiger partial charge in [0, 0.05) is 18.5 Å². The molecule has 0 radical (unpaired) electrons. The standard InChI is InChI=1S/C20H25N3O/c1-2-21-19(22-14-16-8-10-18(24)11-9-16)23-15-20(12-13-20)17-6-4-3-5-7-17/h3-11,24H,2,12-15H2,1H3,(H2,21,22,23). The molecule has 2 aromatic carbocycles. The third-order valence-corrected chi connectivity index (χ3v) is 4.53. The van der Waals surface area contributed by atoms with Gasteiger partial charge in [-0.3, -0.25) is 0 Å². The fraction of sp³-hybridized carbons (Fsp3) is 0.350. The summed E-state index contributed by atoms with van der Waals surface area (Å²) in [7, 11) is 0. The van der Waals surface area contributed by atoms with E-state index >= 15 is 0 Å². The van der Waals surface area contributed by atoms with E-state index in [1.807, 2.05) is 12.1 Å². The predicted molar refractivity (Wildman–Crippen MR) is 98.3 cm³/mol. The summed E-state index contributed by atoms with van der Waals surface area (Å²) in [5.41, 5.74) is 2.75. The number of hydrogen-bond acceptors (Lipinski definition) is 2. The maximum Gasteiger partial charge on any atom is 0.191 e. The quantitative estimate of drug-likeness (QED) is 0.565. The summed E-state index contributed by atoms with van der Waals surface area (Å²) < 4.78 is 0. The van der Waals surface area contributed by atoms with Crippen LogP contribution in [0.25, 0.3) is 0 Å². The van der Waals surface area contributed by atoms with Crippen LogP contribution in [0.5, 0.6) is 5.75 Å². The van der Waals surface area contributed by atoms with Gasteiger partial charge in [0.2, 0.25) is 0 Å². The molecule has 4 nitrogen and oxygen atoms in total. The smallest absolute Gasteiger partial charge is 0.191 e.